The standard InChI is InChI=1S/C17H18FNO3/c18-14-8-17(14)6-12(7-17)15(20)19-9-11-4-2-1-3-10(11)5-13(19)16(21)22/h1-4,12-14H,5-9H2,(H,21,22)/t12?,13-,14?,17?/m0/s1. The van der Waals surface area contributed by atoms with Crippen molar-refractivity contribution >= 4 is 11.9 Å². The average Bonchev–Trinajstić information content (AvgIpc) is 3.15. The van der Waals surface area contributed by atoms with Crippen LogP contribution in [0, 0.1) is 11.3 Å². The molecule has 1 amide bonds. The van der Waals surface area contributed by atoms with Crippen LogP contribution in [0.4, 0.5) is 4.39 Å². The van der Waals surface area contributed by atoms with E-state index in [1.807, 2.05) is 24.3 Å². The Kier molecular flexibility index (Phi) is 2.83. The number of carbonyl (C=O) groups is 2. The highest BCUT2D eigenvalue weighted by Crippen LogP contribution is 2.65. The number of carboxylic acids is 1. The molecule has 5 heteroatoms. The number of hydrogen-bond acceptors (Lipinski definition) is 2. The summed E-state index contributed by atoms with van der Waals surface area (Å²) in [6.07, 6.45) is 1.33. The summed E-state index contributed by atoms with van der Waals surface area (Å²) >= 11 is 0. The third-order valence-electron chi connectivity index (χ3n) is 5.56. The van der Waals surface area contributed by atoms with Crippen molar-refractivity contribution in [1.29, 1.82) is 0 Å². The van der Waals surface area contributed by atoms with E-state index in [0.29, 0.717) is 32.2 Å². The minimum Gasteiger partial charge on any atom is -0.480 e. The van der Waals surface area contributed by atoms with Crippen LogP contribution in [-0.4, -0.2) is 34.1 Å². The Morgan fingerprint density at radius 3 is 2.41 bits per heavy atom. The van der Waals surface area contributed by atoms with Crippen molar-refractivity contribution in [2.45, 2.75) is 44.4 Å². The number of carboxylic acid groups (broad SMARTS) is 1. The zero-order valence-corrected chi connectivity index (χ0v) is 12.2. The van der Waals surface area contributed by atoms with E-state index in [9.17, 15) is 19.1 Å². The van der Waals surface area contributed by atoms with Crippen LogP contribution in [-0.2, 0) is 22.6 Å². The summed E-state index contributed by atoms with van der Waals surface area (Å²) in [6, 6.07) is 6.84. The van der Waals surface area contributed by atoms with Gasteiger partial charge in [-0.05, 0) is 30.4 Å². The fraction of sp³-hybridized carbons (Fsp3) is 0.529. The number of amides is 1. The molecule has 4 rings (SSSR count). The molecule has 2 fully saturated rings. The van der Waals surface area contributed by atoms with Gasteiger partial charge < -0.3 is 10.0 Å². The molecule has 2 aliphatic carbocycles. The Labute approximate surface area is 127 Å². The van der Waals surface area contributed by atoms with Crippen LogP contribution in [0.25, 0.3) is 0 Å². The van der Waals surface area contributed by atoms with E-state index in [1.54, 1.807) is 0 Å². The van der Waals surface area contributed by atoms with E-state index in [0.717, 1.165) is 11.1 Å². The lowest BCUT2D eigenvalue weighted by molar-refractivity contribution is -0.156. The summed E-state index contributed by atoms with van der Waals surface area (Å²) in [6.45, 7) is 0.342. The molecule has 4 nitrogen and oxygen atoms in total. The van der Waals surface area contributed by atoms with Crippen LogP contribution >= 0.6 is 0 Å². The maximum atomic E-state index is 13.3. The fourth-order valence-electron chi connectivity index (χ4n) is 4.03. The van der Waals surface area contributed by atoms with Crippen molar-refractivity contribution in [2.24, 2.45) is 11.3 Å². The molecule has 0 radical (unpaired) electrons. The Balaban J connectivity index is 1.54. The zero-order valence-electron chi connectivity index (χ0n) is 12.2. The first-order valence-corrected chi connectivity index (χ1v) is 7.74. The highest BCUT2D eigenvalue weighted by atomic mass is 19.1. The number of nitrogens with zero attached hydrogens (tertiary/aromatic N) is 1. The molecule has 1 unspecified atom stereocenters. The number of hydrogen-bond donors (Lipinski definition) is 1. The predicted octanol–water partition coefficient (Wildman–Crippen LogP) is 2.16. The normalized spacial score (nSPS) is 35.7. The number of rotatable bonds is 2. The summed E-state index contributed by atoms with van der Waals surface area (Å²) in [5.41, 5.74) is 1.76. The summed E-state index contributed by atoms with van der Waals surface area (Å²) in [5.74, 6) is -1.29. The second kappa shape index (κ2) is 4.54. The molecule has 1 spiro atoms. The number of benzene rings is 1. The average molecular weight is 303 g/mol. The van der Waals surface area contributed by atoms with Gasteiger partial charge in [-0.25, -0.2) is 9.18 Å². The minimum atomic E-state index is -0.966. The summed E-state index contributed by atoms with van der Waals surface area (Å²) in [7, 11) is 0. The maximum absolute atomic E-state index is 13.3. The molecule has 2 atom stereocenters. The molecule has 0 saturated heterocycles. The van der Waals surface area contributed by atoms with E-state index < -0.39 is 18.2 Å². The predicted molar refractivity (Wildman–Crippen MR) is 76.8 cm³/mol. The Morgan fingerprint density at radius 1 is 1.18 bits per heavy atom. The molecule has 116 valence electrons. The van der Waals surface area contributed by atoms with Crippen molar-refractivity contribution < 1.29 is 19.1 Å². The first kappa shape index (κ1) is 13.7. The highest BCUT2D eigenvalue weighted by molar-refractivity contribution is 5.86. The molecule has 3 aliphatic rings. The van der Waals surface area contributed by atoms with Crippen molar-refractivity contribution in [1.82, 2.24) is 4.90 Å². The first-order valence-electron chi connectivity index (χ1n) is 7.74. The molecular weight excluding hydrogens is 285 g/mol. The summed E-state index contributed by atoms with van der Waals surface area (Å²) < 4.78 is 13.3. The molecule has 0 aromatic heterocycles. The van der Waals surface area contributed by atoms with Crippen molar-refractivity contribution in [3.63, 3.8) is 0 Å². The van der Waals surface area contributed by atoms with Crippen molar-refractivity contribution in [2.75, 3.05) is 0 Å². The molecule has 1 aromatic rings. The Hall–Kier alpha value is -1.91. The van der Waals surface area contributed by atoms with Gasteiger partial charge in [0.15, 0.2) is 0 Å². The monoisotopic (exact) mass is 303 g/mol. The maximum Gasteiger partial charge on any atom is 0.326 e. The van der Waals surface area contributed by atoms with Crippen LogP contribution in [0.1, 0.15) is 30.4 Å². The van der Waals surface area contributed by atoms with Gasteiger partial charge >= 0.3 is 5.97 Å². The van der Waals surface area contributed by atoms with Gasteiger partial charge in [0.2, 0.25) is 5.91 Å². The number of fused-ring (bicyclic) bond motifs is 1. The van der Waals surface area contributed by atoms with Crippen molar-refractivity contribution in [3.05, 3.63) is 35.4 Å². The third kappa shape index (κ3) is 1.95. The largest absolute Gasteiger partial charge is 0.480 e. The molecule has 22 heavy (non-hydrogen) atoms. The molecular formula is C17H18FNO3. The minimum absolute atomic E-state index is 0.119. The van der Waals surface area contributed by atoms with E-state index in [-0.39, 0.29) is 17.2 Å². The second-order valence-corrected chi connectivity index (χ2v) is 6.93. The fourth-order valence-corrected chi connectivity index (χ4v) is 4.03. The summed E-state index contributed by atoms with van der Waals surface area (Å²) in [5, 5.41) is 9.46. The Bertz CT molecular complexity index is 653. The molecule has 1 aliphatic heterocycles. The third-order valence-corrected chi connectivity index (χ3v) is 5.56. The van der Waals surface area contributed by atoms with Crippen LogP contribution in [0.15, 0.2) is 24.3 Å². The number of carbonyl (C=O) groups excluding carboxylic acids is 1. The van der Waals surface area contributed by atoms with Gasteiger partial charge in [0.1, 0.15) is 12.2 Å². The quantitative estimate of drug-likeness (QED) is 0.911. The molecule has 2 saturated carbocycles. The van der Waals surface area contributed by atoms with E-state index in [4.69, 9.17) is 0 Å². The molecule has 1 aromatic carbocycles. The van der Waals surface area contributed by atoms with Gasteiger partial charge in [-0.1, -0.05) is 24.3 Å². The van der Waals surface area contributed by atoms with Crippen molar-refractivity contribution in [3.8, 4) is 0 Å². The Morgan fingerprint density at radius 2 is 1.82 bits per heavy atom. The van der Waals surface area contributed by atoms with Gasteiger partial charge in [-0.2, -0.15) is 0 Å². The summed E-state index contributed by atoms with van der Waals surface area (Å²) in [4.78, 5) is 25.7. The lowest BCUT2D eigenvalue weighted by Crippen LogP contribution is -2.52. The second-order valence-electron chi connectivity index (χ2n) is 6.93. The zero-order chi connectivity index (χ0) is 15.5. The smallest absolute Gasteiger partial charge is 0.326 e. The topological polar surface area (TPSA) is 57.6 Å². The van der Waals surface area contributed by atoms with Gasteiger partial charge in [0.25, 0.3) is 0 Å². The van der Waals surface area contributed by atoms with E-state index in [1.165, 1.54) is 4.90 Å². The number of aliphatic carboxylic acids is 1. The highest BCUT2D eigenvalue weighted by Gasteiger charge is 2.64. The molecule has 1 N–H and O–H groups in total. The van der Waals surface area contributed by atoms with E-state index >= 15 is 0 Å². The van der Waals surface area contributed by atoms with E-state index in [2.05, 4.69) is 0 Å². The van der Waals surface area contributed by atoms with Crippen LogP contribution in [0.2, 0.25) is 0 Å². The number of alkyl halides is 1. The van der Waals surface area contributed by atoms with Crippen LogP contribution < -0.4 is 0 Å². The molecule has 1 heterocycles. The van der Waals surface area contributed by atoms with Gasteiger partial charge in [0, 0.05) is 24.3 Å². The lowest BCUT2D eigenvalue weighted by atomic mass is 9.70. The van der Waals surface area contributed by atoms with Gasteiger partial charge in [0.05, 0.1) is 0 Å². The lowest BCUT2D eigenvalue weighted by Gasteiger charge is -2.41. The van der Waals surface area contributed by atoms with Crippen LogP contribution in [0.5, 0.6) is 0 Å². The number of halogens is 1. The van der Waals surface area contributed by atoms with Gasteiger partial charge in [-0.15, -0.1) is 0 Å². The van der Waals surface area contributed by atoms with Crippen LogP contribution in [0.3, 0.4) is 0 Å². The molecule has 0 bridgehead atoms. The first-order chi connectivity index (χ1) is 10.5. The SMILES string of the molecule is O=C(O)[C@@H]1Cc2ccccc2CN1C(=O)C1CC2(C1)CC2F. The van der Waals surface area contributed by atoms with Gasteiger partial charge in [-0.3, -0.25) is 4.79 Å².